The molecule has 0 bridgehead atoms. The van der Waals surface area contributed by atoms with Gasteiger partial charge in [-0.3, -0.25) is 4.68 Å². The first kappa shape index (κ1) is 23.2. The first-order valence-electron chi connectivity index (χ1n) is 10.8. The number of hydrogen-bond donors (Lipinski definition) is 2. The molecule has 4 rings (SSSR count). The molecule has 2 N–H and O–H groups in total. The molecule has 0 unspecified atom stereocenters. The molecule has 4 aromatic rings. The zero-order valence-corrected chi connectivity index (χ0v) is 19.1. The third-order valence-corrected chi connectivity index (χ3v) is 5.86. The summed E-state index contributed by atoms with van der Waals surface area (Å²) in [5.74, 6) is -2.20. The third kappa shape index (κ3) is 4.57. The van der Waals surface area contributed by atoms with E-state index < -0.39 is 17.7 Å². The van der Waals surface area contributed by atoms with Crippen LogP contribution in [0, 0.1) is 25.5 Å². The molecule has 0 saturated carbocycles. The van der Waals surface area contributed by atoms with E-state index in [1.165, 1.54) is 6.07 Å². The maximum absolute atomic E-state index is 14.8. The van der Waals surface area contributed by atoms with Gasteiger partial charge in [0.2, 0.25) is 5.82 Å². The van der Waals surface area contributed by atoms with E-state index in [4.69, 9.17) is 9.84 Å². The Morgan fingerprint density at radius 2 is 1.97 bits per heavy atom. The number of carboxylic acid groups (broad SMARTS) is 1. The lowest BCUT2D eigenvalue weighted by atomic mass is 10.1. The van der Waals surface area contributed by atoms with Gasteiger partial charge in [0.25, 0.3) is 0 Å². The number of nitrogens with zero attached hydrogens (tertiary/aromatic N) is 4. The van der Waals surface area contributed by atoms with E-state index in [0.717, 1.165) is 28.7 Å². The molecule has 0 fully saturated rings. The number of carbonyl (C=O) groups is 1. The Bertz CT molecular complexity index is 1360. The molecular weight excluding hydrogens is 444 g/mol. The molecule has 0 saturated heterocycles. The lowest BCUT2D eigenvalue weighted by Gasteiger charge is -2.14. The van der Waals surface area contributed by atoms with Crippen molar-refractivity contribution in [3.63, 3.8) is 0 Å². The van der Waals surface area contributed by atoms with E-state index in [1.807, 2.05) is 20.9 Å². The van der Waals surface area contributed by atoms with Crippen LogP contribution >= 0.6 is 0 Å². The summed E-state index contributed by atoms with van der Waals surface area (Å²) >= 11 is 0. The standard InChI is InChI=1S/C24H25F2N5O3/c1-14-18(15(2)30(3)29-14)9-11-34-23-19(5-6-20(25)22(23)26)16-4-7-21-28-12-17(31(21)13-16)8-10-27-24(32)33/h4-7,12-13,27H,8-11H2,1-3H3,(H,32,33). The Morgan fingerprint density at radius 1 is 1.18 bits per heavy atom. The number of benzene rings is 1. The predicted octanol–water partition coefficient (Wildman–Crippen LogP) is 4.06. The van der Waals surface area contributed by atoms with E-state index in [9.17, 15) is 13.6 Å². The van der Waals surface area contributed by atoms with Crippen LogP contribution in [0.15, 0.2) is 36.7 Å². The molecule has 0 aliphatic carbocycles. The fourth-order valence-electron chi connectivity index (χ4n) is 4.01. The summed E-state index contributed by atoms with van der Waals surface area (Å²) in [5.41, 5.74) is 5.33. The molecule has 0 radical (unpaired) electrons. The number of nitrogens with one attached hydrogen (secondary N) is 1. The number of imidazole rings is 1. The van der Waals surface area contributed by atoms with Gasteiger partial charge in [-0.05, 0) is 43.7 Å². The second kappa shape index (κ2) is 9.50. The maximum atomic E-state index is 14.8. The van der Waals surface area contributed by atoms with E-state index >= 15 is 0 Å². The SMILES string of the molecule is Cc1nn(C)c(C)c1CCOc1c(-c2ccc3ncc(CCNC(=O)O)n3c2)ccc(F)c1F. The average Bonchev–Trinajstić information content (AvgIpc) is 3.31. The third-order valence-electron chi connectivity index (χ3n) is 5.86. The number of rotatable bonds is 8. The molecule has 34 heavy (non-hydrogen) atoms. The van der Waals surface area contributed by atoms with Crippen molar-refractivity contribution in [1.29, 1.82) is 0 Å². The molecule has 0 atom stereocenters. The van der Waals surface area contributed by atoms with Crippen LogP contribution in [0.1, 0.15) is 22.6 Å². The van der Waals surface area contributed by atoms with Crippen molar-refractivity contribution >= 4 is 11.7 Å². The number of halogens is 2. The number of aryl methyl sites for hydroxylation is 2. The lowest BCUT2D eigenvalue weighted by Crippen LogP contribution is -2.23. The first-order chi connectivity index (χ1) is 16.3. The molecule has 0 aliphatic rings. The minimum absolute atomic E-state index is 0.153. The summed E-state index contributed by atoms with van der Waals surface area (Å²) in [6, 6.07) is 6.08. The van der Waals surface area contributed by atoms with Crippen LogP contribution in [0.5, 0.6) is 5.75 Å². The highest BCUT2D eigenvalue weighted by atomic mass is 19.2. The van der Waals surface area contributed by atoms with Crippen LogP contribution in [0.2, 0.25) is 0 Å². The largest absolute Gasteiger partial charge is 0.489 e. The number of ether oxygens (including phenoxy) is 1. The summed E-state index contributed by atoms with van der Waals surface area (Å²) in [6.07, 6.45) is 3.23. The Balaban J connectivity index is 1.62. The number of fused-ring (bicyclic) bond motifs is 1. The molecule has 3 heterocycles. The second-order valence-electron chi connectivity index (χ2n) is 7.99. The summed E-state index contributed by atoms with van der Waals surface area (Å²) in [4.78, 5) is 15.0. The molecule has 1 amide bonds. The van der Waals surface area contributed by atoms with Crippen LogP contribution in [-0.2, 0) is 19.9 Å². The van der Waals surface area contributed by atoms with Crippen LogP contribution in [0.25, 0.3) is 16.8 Å². The van der Waals surface area contributed by atoms with Crippen LogP contribution in [0.3, 0.4) is 0 Å². The van der Waals surface area contributed by atoms with Gasteiger partial charge in [0.15, 0.2) is 11.6 Å². The van der Waals surface area contributed by atoms with Gasteiger partial charge in [-0.1, -0.05) is 0 Å². The van der Waals surface area contributed by atoms with E-state index in [1.54, 1.807) is 33.6 Å². The van der Waals surface area contributed by atoms with Gasteiger partial charge in [0.1, 0.15) is 5.65 Å². The van der Waals surface area contributed by atoms with Gasteiger partial charge in [-0.15, -0.1) is 0 Å². The topological polar surface area (TPSA) is 93.7 Å². The number of hydrogen-bond acceptors (Lipinski definition) is 4. The van der Waals surface area contributed by atoms with Gasteiger partial charge in [-0.25, -0.2) is 14.2 Å². The molecule has 8 nitrogen and oxygen atoms in total. The van der Waals surface area contributed by atoms with Gasteiger partial charge in [-0.2, -0.15) is 9.49 Å². The Kier molecular flexibility index (Phi) is 6.49. The Hall–Kier alpha value is -3.95. The van der Waals surface area contributed by atoms with Crippen LogP contribution in [-0.4, -0.2) is 43.5 Å². The van der Waals surface area contributed by atoms with Crippen molar-refractivity contribution in [3.8, 4) is 16.9 Å². The molecule has 178 valence electrons. The highest BCUT2D eigenvalue weighted by Gasteiger charge is 2.18. The van der Waals surface area contributed by atoms with E-state index in [0.29, 0.717) is 29.6 Å². The fourth-order valence-corrected chi connectivity index (χ4v) is 4.01. The molecular formula is C24H25F2N5O3. The normalized spacial score (nSPS) is 11.2. The summed E-state index contributed by atoms with van der Waals surface area (Å²) < 4.78 is 38.3. The average molecular weight is 469 g/mol. The van der Waals surface area contributed by atoms with Gasteiger partial charge in [0, 0.05) is 61.3 Å². The minimum Gasteiger partial charge on any atom is -0.489 e. The Labute approximate surface area is 194 Å². The summed E-state index contributed by atoms with van der Waals surface area (Å²) in [7, 11) is 1.86. The van der Waals surface area contributed by atoms with Gasteiger partial charge < -0.3 is 19.6 Å². The minimum atomic E-state index is -1.10. The van der Waals surface area contributed by atoms with Crippen molar-refractivity contribution in [2.24, 2.45) is 7.05 Å². The lowest BCUT2D eigenvalue weighted by molar-refractivity contribution is 0.194. The number of pyridine rings is 1. The number of aromatic nitrogens is 4. The van der Waals surface area contributed by atoms with Crippen molar-refractivity contribution in [3.05, 3.63) is 70.9 Å². The quantitative estimate of drug-likeness (QED) is 0.406. The van der Waals surface area contributed by atoms with Crippen molar-refractivity contribution in [2.75, 3.05) is 13.2 Å². The zero-order chi connectivity index (χ0) is 24.4. The van der Waals surface area contributed by atoms with Crippen LogP contribution < -0.4 is 10.1 Å². The number of amides is 1. The van der Waals surface area contributed by atoms with Gasteiger partial charge in [0.05, 0.1) is 12.3 Å². The van der Waals surface area contributed by atoms with E-state index in [2.05, 4.69) is 15.4 Å². The second-order valence-corrected chi connectivity index (χ2v) is 7.99. The molecule has 10 heteroatoms. The summed E-state index contributed by atoms with van der Waals surface area (Å²) in [5, 5.41) is 15.5. The Morgan fingerprint density at radius 3 is 2.68 bits per heavy atom. The smallest absolute Gasteiger partial charge is 0.404 e. The fraction of sp³-hybridized carbons (Fsp3) is 0.292. The van der Waals surface area contributed by atoms with Gasteiger partial charge >= 0.3 is 6.09 Å². The highest BCUT2D eigenvalue weighted by molar-refractivity contribution is 5.71. The predicted molar refractivity (Wildman–Crippen MR) is 122 cm³/mol. The van der Waals surface area contributed by atoms with Crippen molar-refractivity contribution < 1.29 is 23.4 Å². The molecule has 0 spiro atoms. The van der Waals surface area contributed by atoms with Crippen molar-refractivity contribution in [2.45, 2.75) is 26.7 Å². The molecule has 1 aromatic carbocycles. The maximum Gasteiger partial charge on any atom is 0.404 e. The van der Waals surface area contributed by atoms with Crippen molar-refractivity contribution in [1.82, 2.24) is 24.5 Å². The summed E-state index contributed by atoms with van der Waals surface area (Å²) in [6.45, 7) is 4.23. The zero-order valence-electron chi connectivity index (χ0n) is 19.1. The highest BCUT2D eigenvalue weighted by Crippen LogP contribution is 2.34. The first-order valence-corrected chi connectivity index (χ1v) is 10.8. The van der Waals surface area contributed by atoms with Crippen LogP contribution in [0.4, 0.5) is 13.6 Å². The monoisotopic (exact) mass is 469 g/mol. The molecule has 3 aromatic heterocycles. The van der Waals surface area contributed by atoms with E-state index in [-0.39, 0.29) is 18.9 Å². The molecule has 0 aliphatic heterocycles.